The average Bonchev–Trinajstić information content (AvgIpc) is 3.60. The summed E-state index contributed by atoms with van der Waals surface area (Å²) in [5.74, 6) is -0.433. The zero-order valence-corrected chi connectivity index (χ0v) is 22.3. The van der Waals surface area contributed by atoms with E-state index < -0.39 is 11.5 Å². The van der Waals surface area contributed by atoms with Crippen molar-refractivity contribution in [3.8, 4) is 17.3 Å². The van der Waals surface area contributed by atoms with Gasteiger partial charge in [-0.1, -0.05) is 91.0 Å². The molecule has 6 rings (SSSR count). The predicted molar refractivity (Wildman–Crippen MR) is 152 cm³/mol. The Kier molecular flexibility index (Phi) is 6.75. The molecule has 7 nitrogen and oxygen atoms in total. The summed E-state index contributed by atoms with van der Waals surface area (Å²) in [7, 11) is 0. The standard InChI is InChI=1S/C33H29N5O2/c1-2-40-32(39)30-27-19-20-29-28(31(27)37(36-30)22-12-21-34)23-38(35-29)33(24-13-6-3-7-14-24,25-15-8-4-9-16-25)26-17-10-5-11-18-26/h3-11,13-18,23H,2,12,19-20,22H2,1H3. The summed E-state index contributed by atoms with van der Waals surface area (Å²) >= 11 is 0. The second-order valence-corrected chi connectivity index (χ2v) is 9.77. The van der Waals surface area contributed by atoms with Crippen LogP contribution in [0.3, 0.4) is 0 Å². The summed E-state index contributed by atoms with van der Waals surface area (Å²) in [6, 6.07) is 33.5. The third kappa shape index (κ3) is 4.09. The Hall–Kier alpha value is -4.96. The number of carbonyl (C=O) groups excluding carboxylic acids is 1. The van der Waals surface area contributed by atoms with E-state index in [1.807, 2.05) is 18.2 Å². The second kappa shape index (κ2) is 10.7. The number of fused-ring (bicyclic) bond motifs is 3. The fourth-order valence-electron chi connectivity index (χ4n) is 5.86. The van der Waals surface area contributed by atoms with Gasteiger partial charge in [-0.3, -0.25) is 9.36 Å². The number of esters is 1. The van der Waals surface area contributed by atoms with Crippen molar-refractivity contribution in [3.63, 3.8) is 0 Å². The van der Waals surface area contributed by atoms with E-state index in [1.54, 1.807) is 11.6 Å². The van der Waals surface area contributed by atoms with Crippen molar-refractivity contribution in [1.82, 2.24) is 19.6 Å². The van der Waals surface area contributed by atoms with Crippen molar-refractivity contribution in [3.05, 3.63) is 131 Å². The lowest BCUT2D eigenvalue weighted by molar-refractivity contribution is 0.0517. The second-order valence-electron chi connectivity index (χ2n) is 9.77. The predicted octanol–water partition coefficient (Wildman–Crippen LogP) is 5.78. The van der Waals surface area contributed by atoms with Crippen molar-refractivity contribution in [2.24, 2.45) is 0 Å². The molecule has 1 aliphatic rings. The van der Waals surface area contributed by atoms with Gasteiger partial charge in [-0.15, -0.1) is 0 Å². The Labute approximate surface area is 233 Å². The van der Waals surface area contributed by atoms with Crippen molar-refractivity contribution in [2.45, 2.75) is 38.3 Å². The van der Waals surface area contributed by atoms with Crippen molar-refractivity contribution in [1.29, 1.82) is 5.26 Å². The van der Waals surface area contributed by atoms with Gasteiger partial charge in [0.2, 0.25) is 0 Å². The third-order valence-corrected chi connectivity index (χ3v) is 7.53. The van der Waals surface area contributed by atoms with Crippen LogP contribution in [0.15, 0.2) is 97.2 Å². The largest absolute Gasteiger partial charge is 0.461 e. The van der Waals surface area contributed by atoms with Crippen LogP contribution < -0.4 is 0 Å². The van der Waals surface area contributed by atoms with Gasteiger partial charge < -0.3 is 4.74 Å². The van der Waals surface area contributed by atoms with Crippen molar-refractivity contribution in [2.75, 3.05) is 6.61 Å². The number of aromatic nitrogens is 4. The quantitative estimate of drug-likeness (QED) is 0.189. The van der Waals surface area contributed by atoms with Gasteiger partial charge >= 0.3 is 5.97 Å². The lowest BCUT2D eigenvalue weighted by atomic mass is 9.77. The minimum atomic E-state index is -0.747. The van der Waals surface area contributed by atoms with Crippen LogP contribution in [0.5, 0.6) is 0 Å². The van der Waals surface area contributed by atoms with Crippen LogP contribution in [0.25, 0.3) is 11.3 Å². The molecule has 0 saturated carbocycles. The highest BCUT2D eigenvalue weighted by Gasteiger charge is 2.41. The minimum Gasteiger partial charge on any atom is -0.461 e. The van der Waals surface area contributed by atoms with Crippen LogP contribution in [0.1, 0.15) is 51.8 Å². The summed E-state index contributed by atoms with van der Waals surface area (Å²) in [4.78, 5) is 12.9. The first-order chi connectivity index (χ1) is 19.7. The van der Waals surface area contributed by atoms with Crippen LogP contribution in [0, 0.1) is 11.3 Å². The van der Waals surface area contributed by atoms with Gasteiger partial charge in [0.15, 0.2) is 5.69 Å². The lowest BCUT2D eigenvalue weighted by Gasteiger charge is -2.36. The van der Waals surface area contributed by atoms with E-state index in [4.69, 9.17) is 9.84 Å². The van der Waals surface area contributed by atoms with Gasteiger partial charge in [-0.25, -0.2) is 4.79 Å². The average molecular weight is 528 g/mol. The summed E-state index contributed by atoms with van der Waals surface area (Å²) in [5, 5.41) is 19.2. The molecule has 0 spiro atoms. The number of benzene rings is 3. The number of nitrogens with zero attached hydrogens (tertiary/aromatic N) is 5. The Morgan fingerprint density at radius 3 is 2.00 bits per heavy atom. The van der Waals surface area contributed by atoms with Crippen LogP contribution >= 0.6 is 0 Å². The monoisotopic (exact) mass is 527 g/mol. The molecule has 0 aliphatic heterocycles. The zero-order valence-electron chi connectivity index (χ0n) is 22.3. The number of ether oxygens (including phenoxy) is 1. The summed E-state index contributed by atoms with van der Waals surface area (Å²) < 4.78 is 9.18. The van der Waals surface area contributed by atoms with Gasteiger partial charge in [0, 0.05) is 17.3 Å². The highest BCUT2D eigenvalue weighted by Crippen LogP contribution is 2.43. The Balaban J connectivity index is 1.63. The molecule has 0 N–H and O–H groups in total. The molecule has 0 saturated heterocycles. The van der Waals surface area contributed by atoms with E-state index in [-0.39, 0.29) is 13.0 Å². The van der Waals surface area contributed by atoms with Gasteiger partial charge in [0.05, 0.1) is 37.0 Å². The fraction of sp³-hybridized carbons (Fsp3) is 0.212. The first kappa shape index (κ1) is 25.3. The molecule has 0 amide bonds. The molecule has 2 heterocycles. The number of nitriles is 1. The van der Waals surface area contributed by atoms with E-state index in [0.29, 0.717) is 25.1 Å². The van der Waals surface area contributed by atoms with E-state index in [2.05, 4.69) is 94.8 Å². The Morgan fingerprint density at radius 2 is 1.48 bits per heavy atom. The van der Waals surface area contributed by atoms with Gasteiger partial charge in [0.25, 0.3) is 0 Å². The molecule has 2 aromatic heterocycles. The molecule has 0 bridgehead atoms. The highest BCUT2D eigenvalue weighted by atomic mass is 16.5. The first-order valence-electron chi connectivity index (χ1n) is 13.6. The molecule has 0 unspecified atom stereocenters. The van der Waals surface area contributed by atoms with Crippen LogP contribution in [0.2, 0.25) is 0 Å². The van der Waals surface area contributed by atoms with E-state index >= 15 is 0 Å². The third-order valence-electron chi connectivity index (χ3n) is 7.53. The molecule has 5 aromatic rings. The highest BCUT2D eigenvalue weighted by molar-refractivity contribution is 5.92. The topological polar surface area (TPSA) is 85.7 Å². The van der Waals surface area contributed by atoms with Gasteiger partial charge in [-0.2, -0.15) is 15.5 Å². The van der Waals surface area contributed by atoms with E-state index in [0.717, 1.165) is 39.2 Å². The number of hydrogen-bond acceptors (Lipinski definition) is 5. The van der Waals surface area contributed by atoms with Crippen molar-refractivity contribution >= 4 is 5.97 Å². The number of carbonyl (C=O) groups is 1. The Morgan fingerprint density at radius 1 is 0.900 bits per heavy atom. The fourth-order valence-corrected chi connectivity index (χ4v) is 5.86. The normalized spacial score (nSPS) is 12.3. The van der Waals surface area contributed by atoms with Crippen LogP contribution in [-0.4, -0.2) is 32.1 Å². The maximum Gasteiger partial charge on any atom is 0.359 e. The summed E-state index contributed by atoms with van der Waals surface area (Å²) in [5.41, 5.74) is 6.38. The molecule has 198 valence electrons. The van der Waals surface area contributed by atoms with E-state index in [1.165, 1.54) is 0 Å². The van der Waals surface area contributed by atoms with E-state index in [9.17, 15) is 10.1 Å². The summed E-state index contributed by atoms with van der Waals surface area (Å²) in [6.45, 7) is 2.44. The number of rotatable bonds is 8. The zero-order chi connectivity index (χ0) is 27.5. The molecule has 1 aliphatic carbocycles. The minimum absolute atomic E-state index is 0.273. The number of aryl methyl sites for hydroxylation is 2. The van der Waals surface area contributed by atoms with Crippen LogP contribution in [-0.2, 0) is 29.7 Å². The lowest BCUT2D eigenvalue weighted by Crippen LogP contribution is -2.38. The van der Waals surface area contributed by atoms with Gasteiger partial charge in [0.1, 0.15) is 5.54 Å². The SMILES string of the molecule is CCOC(=O)c1nn(CCC#N)c2c1CCc1nn(C(c3ccccc3)(c3ccccc3)c3ccccc3)cc1-2. The molecule has 0 atom stereocenters. The summed E-state index contributed by atoms with van der Waals surface area (Å²) in [6.07, 6.45) is 3.65. The maximum absolute atomic E-state index is 12.9. The van der Waals surface area contributed by atoms with Crippen molar-refractivity contribution < 1.29 is 9.53 Å². The smallest absolute Gasteiger partial charge is 0.359 e. The molecule has 0 fully saturated rings. The van der Waals surface area contributed by atoms with Crippen LogP contribution in [0.4, 0.5) is 0 Å². The number of hydrogen-bond donors (Lipinski definition) is 0. The molecular formula is C33H29N5O2. The maximum atomic E-state index is 12.9. The molecule has 7 heteroatoms. The molecule has 0 radical (unpaired) electrons. The first-order valence-corrected chi connectivity index (χ1v) is 13.6. The Bertz CT molecular complexity index is 1590. The van der Waals surface area contributed by atoms with Gasteiger partial charge in [-0.05, 0) is 36.5 Å². The molecular weight excluding hydrogens is 498 g/mol. The molecule has 40 heavy (non-hydrogen) atoms. The molecule has 3 aromatic carbocycles.